The van der Waals surface area contributed by atoms with E-state index in [4.69, 9.17) is 0 Å². The van der Waals surface area contributed by atoms with Gasteiger partial charge in [-0.05, 0) is 324 Å². The Morgan fingerprint density at radius 2 is 0.310 bits per heavy atom. The molecule has 24 unspecified atom stereocenters. The molecule has 20 aliphatic rings. The zero-order valence-electron chi connectivity index (χ0n) is 65.5. The van der Waals surface area contributed by atoms with Gasteiger partial charge in [-0.15, -0.1) is 0 Å². The van der Waals surface area contributed by atoms with Gasteiger partial charge in [0, 0.05) is 72.5 Å². The average molecular weight is 1370 g/mol. The zero-order chi connectivity index (χ0) is 66.0. The molecule has 0 amide bonds. The number of hydrogen-bond acceptors (Lipinski definition) is 4. The third kappa shape index (κ3) is 14.0. The fraction of sp³-hybridized carbons (Fsp3) is 1.00. The molecule has 16 saturated carbocycles. The van der Waals surface area contributed by atoms with Gasteiger partial charge in [0.15, 0.2) is 0 Å². The first-order valence-electron chi connectivity index (χ1n) is 48.7. The molecule has 4 aliphatic heterocycles. The molecule has 0 N–H and O–H groups in total. The SMILES string of the molecule is C1CCC(C2CCC(N3C4CCCCC4C4CC(C5CCC6C(C5)C5CCCCC5N6C5CCC(C6CCCCC6)CC5)CCC43)CC2)CC1.C1CCC(C2CCCC(N3C4CCCCC4C4CC(C5CCC6C(C5)C5CCCCC5N6C5CCCC(C6CCCCC6)C5)CCC43)C2)CC1. The predicted molar refractivity (Wildman–Crippen MR) is 418 cm³/mol. The van der Waals surface area contributed by atoms with E-state index in [0.29, 0.717) is 0 Å². The molecule has 0 aromatic heterocycles. The van der Waals surface area contributed by atoms with E-state index < -0.39 is 0 Å². The van der Waals surface area contributed by atoms with Gasteiger partial charge in [0.2, 0.25) is 0 Å². The Kier molecular flexibility index (Phi) is 22.5. The molecule has 564 valence electrons. The number of nitrogens with zero attached hydrogens (tertiary/aromatic N) is 4. The Balaban J connectivity index is 0.000000139. The largest absolute Gasteiger partial charge is 0.294 e. The van der Waals surface area contributed by atoms with Crippen LogP contribution in [0.2, 0.25) is 0 Å². The van der Waals surface area contributed by atoms with Crippen LogP contribution >= 0.6 is 0 Å². The summed E-state index contributed by atoms with van der Waals surface area (Å²) in [4.78, 5) is 13.3. The highest BCUT2D eigenvalue weighted by atomic mass is 15.3. The molecule has 100 heavy (non-hydrogen) atoms. The van der Waals surface area contributed by atoms with Crippen LogP contribution in [0.15, 0.2) is 0 Å². The second-order valence-electron chi connectivity index (χ2n) is 43.0. The lowest BCUT2D eigenvalue weighted by Crippen LogP contribution is -2.50. The summed E-state index contributed by atoms with van der Waals surface area (Å²) < 4.78 is 0. The van der Waals surface area contributed by atoms with Gasteiger partial charge in [0.05, 0.1) is 0 Å². The van der Waals surface area contributed by atoms with Gasteiger partial charge in [0.1, 0.15) is 0 Å². The van der Waals surface area contributed by atoms with Crippen LogP contribution in [0.1, 0.15) is 411 Å². The number of likely N-dealkylation sites (tertiary alicyclic amines) is 4. The molecule has 0 radical (unpaired) electrons. The van der Waals surface area contributed by atoms with Crippen LogP contribution in [0, 0.1) is 118 Å². The molecule has 4 heteroatoms. The third-order valence-electron chi connectivity index (χ3n) is 39.1. The minimum Gasteiger partial charge on any atom is -0.294 e. The van der Waals surface area contributed by atoms with Crippen molar-refractivity contribution in [2.24, 2.45) is 118 Å². The summed E-state index contributed by atoms with van der Waals surface area (Å²) in [7, 11) is 0. The van der Waals surface area contributed by atoms with Gasteiger partial charge < -0.3 is 0 Å². The maximum absolute atomic E-state index is 3.35. The second kappa shape index (κ2) is 32.0. The van der Waals surface area contributed by atoms with Crippen LogP contribution in [0.25, 0.3) is 0 Å². The first-order valence-corrected chi connectivity index (χ1v) is 48.7. The van der Waals surface area contributed by atoms with Crippen molar-refractivity contribution >= 4 is 0 Å². The highest BCUT2D eigenvalue weighted by Gasteiger charge is 2.60. The topological polar surface area (TPSA) is 13.0 Å². The monoisotopic (exact) mass is 1370 g/mol. The van der Waals surface area contributed by atoms with E-state index in [1.54, 1.807) is 308 Å². The van der Waals surface area contributed by atoms with Crippen LogP contribution in [-0.2, 0) is 0 Å². The van der Waals surface area contributed by atoms with Crippen molar-refractivity contribution in [1.82, 2.24) is 19.6 Å². The molecule has 20 rings (SSSR count). The van der Waals surface area contributed by atoms with Crippen molar-refractivity contribution in [3.63, 3.8) is 0 Å². The standard InChI is InChI=1S/2C48H80N2/c1-3-13-33(14-4-1)35-17-11-19-39(29-35)49-45-23-9-7-21-41(45)43-31-37(25-27-47(43)49)38-26-28-48-44(32-38)42-22-8-10-24-46(42)50(48)40-20-12-18-36(30-40)34-15-5-2-6-16-34;1-3-11-33(12-4-1)35-19-25-39(26-20-35)49-45-17-9-7-15-41(45)43-31-37(23-29-47(43)49)38-24-30-48-44(32-38)42-16-8-10-18-46(42)50(48)40-27-21-36(22-28-40)34-13-5-2-6-14-34/h2*33-48H,1-32H2. The quantitative estimate of drug-likeness (QED) is 0.216. The van der Waals surface area contributed by atoms with E-state index in [9.17, 15) is 0 Å². The minimum atomic E-state index is 0.952. The molecular formula is C96H160N4. The maximum atomic E-state index is 3.35. The summed E-state index contributed by atoms with van der Waals surface area (Å²) in [6.07, 6.45) is 100. The lowest BCUT2D eigenvalue weighted by Gasteiger charge is -2.48. The van der Waals surface area contributed by atoms with Crippen LogP contribution in [0.4, 0.5) is 0 Å². The van der Waals surface area contributed by atoms with Gasteiger partial charge in [-0.1, -0.05) is 205 Å². The molecule has 0 aromatic carbocycles. The predicted octanol–water partition coefficient (Wildman–Crippen LogP) is 25.2. The van der Waals surface area contributed by atoms with Crippen LogP contribution in [0.3, 0.4) is 0 Å². The van der Waals surface area contributed by atoms with E-state index in [-0.39, 0.29) is 0 Å². The van der Waals surface area contributed by atoms with E-state index in [1.807, 2.05) is 0 Å². The van der Waals surface area contributed by atoms with E-state index in [2.05, 4.69) is 19.6 Å². The first kappa shape index (κ1) is 70.2. The van der Waals surface area contributed by atoms with Crippen molar-refractivity contribution in [3.05, 3.63) is 0 Å². The molecular weight excluding hydrogens is 1210 g/mol. The highest BCUT2D eigenvalue weighted by Crippen LogP contribution is 2.62. The molecule has 0 bridgehead atoms. The lowest BCUT2D eigenvalue weighted by atomic mass is 9.62. The van der Waals surface area contributed by atoms with E-state index >= 15 is 0 Å². The lowest BCUT2D eigenvalue weighted by molar-refractivity contribution is 0.0148. The molecule has 4 heterocycles. The van der Waals surface area contributed by atoms with Crippen molar-refractivity contribution in [2.45, 2.75) is 483 Å². The first-order chi connectivity index (χ1) is 49.6. The number of rotatable bonds is 10. The Morgan fingerprint density at radius 3 is 0.600 bits per heavy atom. The Hall–Kier alpha value is -0.160. The summed E-state index contributed by atoms with van der Waals surface area (Å²) in [6.45, 7) is 0. The smallest absolute Gasteiger partial charge is 0.0133 e. The van der Waals surface area contributed by atoms with Crippen molar-refractivity contribution in [3.8, 4) is 0 Å². The van der Waals surface area contributed by atoms with Gasteiger partial charge in [-0.25, -0.2) is 0 Å². The molecule has 0 aromatic rings. The molecule has 16 aliphatic carbocycles. The summed E-state index contributed by atoms with van der Waals surface area (Å²) >= 11 is 0. The number of fused-ring (bicyclic) bond motifs is 12. The Labute approximate surface area is 617 Å². The highest BCUT2D eigenvalue weighted by molar-refractivity contribution is 5.13. The number of hydrogen-bond donors (Lipinski definition) is 0. The van der Waals surface area contributed by atoms with Gasteiger partial charge in [0.25, 0.3) is 0 Å². The van der Waals surface area contributed by atoms with Crippen LogP contribution in [-0.4, -0.2) is 92.1 Å². The summed E-state index contributed by atoms with van der Waals surface area (Å²) in [5.41, 5.74) is 0. The molecule has 4 saturated heterocycles. The maximum Gasteiger partial charge on any atom is 0.0133 e. The summed E-state index contributed by atoms with van der Waals surface area (Å²) in [5.74, 6) is 21.5. The molecule has 24 atom stereocenters. The zero-order valence-corrected chi connectivity index (χ0v) is 65.5. The Morgan fingerprint density at radius 1 is 0.110 bits per heavy atom. The molecule has 20 fully saturated rings. The summed E-state index contributed by atoms with van der Waals surface area (Å²) in [5, 5.41) is 0. The normalized spacial score (nSPS) is 49.9. The molecule has 4 nitrogen and oxygen atoms in total. The fourth-order valence-electron chi connectivity index (χ4n) is 35.1. The average Bonchev–Trinajstić information content (AvgIpc) is 1.61. The van der Waals surface area contributed by atoms with E-state index in [1.165, 1.54) is 103 Å². The van der Waals surface area contributed by atoms with Gasteiger partial charge >= 0.3 is 0 Å². The van der Waals surface area contributed by atoms with Crippen LogP contribution in [0.5, 0.6) is 0 Å². The third-order valence-corrected chi connectivity index (χ3v) is 39.1. The van der Waals surface area contributed by atoms with Gasteiger partial charge in [-0.3, -0.25) is 19.6 Å². The van der Waals surface area contributed by atoms with Crippen molar-refractivity contribution in [1.29, 1.82) is 0 Å². The second-order valence-corrected chi connectivity index (χ2v) is 43.0. The van der Waals surface area contributed by atoms with Crippen molar-refractivity contribution in [2.75, 3.05) is 0 Å². The molecule has 0 spiro atoms. The van der Waals surface area contributed by atoms with Crippen LogP contribution < -0.4 is 0 Å². The fourth-order valence-corrected chi connectivity index (χ4v) is 35.1. The van der Waals surface area contributed by atoms with E-state index in [0.717, 1.165) is 191 Å². The van der Waals surface area contributed by atoms with Gasteiger partial charge in [-0.2, -0.15) is 0 Å². The Bertz CT molecular complexity index is 2370. The van der Waals surface area contributed by atoms with Crippen molar-refractivity contribution < 1.29 is 0 Å². The minimum absolute atomic E-state index is 0.952. The summed E-state index contributed by atoms with van der Waals surface area (Å²) in [6, 6.07) is 11.6.